The monoisotopic (exact) mass is 416 g/mol. The summed E-state index contributed by atoms with van der Waals surface area (Å²) in [4.78, 5) is 18.5. The van der Waals surface area contributed by atoms with Crippen LogP contribution >= 0.6 is 11.3 Å². The maximum atomic E-state index is 13.3. The molecule has 1 aromatic heterocycles. The number of anilines is 1. The topological polar surface area (TPSA) is 86.7 Å². The highest BCUT2D eigenvalue weighted by atomic mass is 32.1. The van der Waals surface area contributed by atoms with Crippen LogP contribution in [0, 0.1) is 6.92 Å². The Balaban J connectivity index is 1.62. The third-order valence-electron chi connectivity index (χ3n) is 5.10. The summed E-state index contributed by atoms with van der Waals surface area (Å²) < 4.78 is 45.9. The molecule has 4 rings (SSSR count). The maximum Gasteiger partial charge on any atom is 0.416 e. The number of halogens is 3. The molecule has 0 radical (unpaired) electrons. The zero-order valence-corrected chi connectivity index (χ0v) is 15.8. The van der Waals surface area contributed by atoms with Crippen LogP contribution in [0.3, 0.4) is 0 Å². The van der Waals surface area contributed by atoms with Gasteiger partial charge in [-0.1, -0.05) is 0 Å². The molecule has 2 fully saturated rings. The molecular formula is C17H19F3N4O3S. The van der Waals surface area contributed by atoms with Crippen LogP contribution in [0.5, 0.6) is 0 Å². The number of nitrogens with one attached hydrogen (secondary N) is 2. The number of carbonyl (C=O) groups excluding carboxylic acids is 1. The van der Waals surface area contributed by atoms with Crippen molar-refractivity contribution < 1.29 is 27.9 Å². The second-order valence-corrected chi connectivity index (χ2v) is 7.93. The van der Waals surface area contributed by atoms with Gasteiger partial charge in [0.15, 0.2) is 6.23 Å². The van der Waals surface area contributed by atoms with Crippen LogP contribution in [0.25, 0.3) is 10.2 Å². The Hall–Kier alpha value is -1.95. The summed E-state index contributed by atoms with van der Waals surface area (Å²) >= 11 is 1.11. The van der Waals surface area contributed by atoms with Crippen molar-refractivity contribution in [1.29, 1.82) is 0 Å². The lowest BCUT2D eigenvalue weighted by atomic mass is 10.1. The van der Waals surface area contributed by atoms with Crippen LogP contribution in [0.15, 0.2) is 6.07 Å². The molecule has 0 spiro atoms. The molecule has 7 nitrogen and oxygen atoms in total. The number of thiazole rings is 1. The number of aromatic nitrogens is 1. The summed E-state index contributed by atoms with van der Waals surface area (Å²) in [5.41, 5.74) is 0.966. The molecule has 3 heterocycles. The predicted octanol–water partition coefficient (Wildman–Crippen LogP) is 3.03. The summed E-state index contributed by atoms with van der Waals surface area (Å²) in [5, 5.41) is 12.9. The van der Waals surface area contributed by atoms with Gasteiger partial charge in [-0.25, -0.2) is 4.98 Å². The van der Waals surface area contributed by atoms with Gasteiger partial charge in [-0.05, 0) is 31.4 Å². The van der Waals surface area contributed by atoms with Crippen LogP contribution < -0.4 is 10.8 Å². The molecule has 2 aliphatic rings. The summed E-state index contributed by atoms with van der Waals surface area (Å²) in [6, 6.07) is 0.464. The second-order valence-electron chi connectivity index (χ2n) is 6.90. The van der Waals surface area contributed by atoms with E-state index in [1.807, 2.05) is 5.48 Å². The average molecular weight is 416 g/mol. The fourth-order valence-corrected chi connectivity index (χ4v) is 4.74. The van der Waals surface area contributed by atoms with Crippen molar-refractivity contribution in [2.24, 2.45) is 0 Å². The minimum absolute atomic E-state index is 0.0312. The van der Waals surface area contributed by atoms with Gasteiger partial charge in [0, 0.05) is 13.1 Å². The van der Waals surface area contributed by atoms with E-state index in [0.29, 0.717) is 9.71 Å². The van der Waals surface area contributed by atoms with Gasteiger partial charge in [0.2, 0.25) is 5.91 Å². The molecule has 152 valence electrons. The zero-order chi connectivity index (χ0) is 20.1. The smallest absolute Gasteiger partial charge is 0.354 e. The van der Waals surface area contributed by atoms with E-state index >= 15 is 0 Å². The minimum atomic E-state index is -4.57. The van der Waals surface area contributed by atoms with Gasteiger partial charge in [0.05, 0.1) is 28.1 Å². The van der Waals surface area contributed by atoms with E-state index in [2.05, 4.69) is 10.3 Å². The number of hydrogen-bond donors (Lipinski definition) is 3. The molecule has 2 atom stereocenters. The first kappa shape index (κ1) is 19.4. The molecular weight excluding hydrogens is 397 g/mol. The van der Waals surface area contributed by atoms with E-state index in [1.54, 1.807) is 4.90 Å². The van der Waals surface area contributed by atoms with Crippen molar-refractivity contribution in [1.82, 2.24) is 15.2 Å². The van der Waals surface area contributed by atoms with Crippen LogP contribution in [0.4, 0.5) is 18.9 Å². The first-order valence-electron chi connectivity index (χ1n) is 8.87. The number of nitrogens with zero attached hydrogens (tertiary/aromatic N) is 2. The molecule has 2 aliphatic heterocycles. The lowest BCUT2D eigenvalue weighted by Crippen LogP contribution is -2.44. The third-order valence-corrected chi connectivity index (χ3v) is 6.23. The van der Waals surface area contributed by atoms with E-state index < -0.39 is 24.0 Å². The normalized spacial score (nSPS) is 23.0. The fourth-order valence-electron chi connectivity index (χ4n) is 3.63. The summed E-state index contributed by atoms with van der Waals surface area (Å²) in [7, 11) is 0. The first-order chi connectivity index (χ1) is 13.3. The van der Waals surface area contributed by atoms with E-state index in [9.17, 15) is 23.2 Å². The zero-order valence-electron chi connectivity index (χ0n) is 15.0. The minimum Gasteiger partial charge on any atom is -0.354 e. The first-order valence-corrected chi connectivity index (χ1v) is 9.69. The van der Waals surface area contributed by atoms with Gasteiger partial charge < -0.3 is 9.64 Å². The number of likely N-dealkylation sites (tertiary alicyclic amines) is 1. The standard InChI is InChI=1S/C17H19F3N4O3S/c1-8-9(17(18,19)20)6-10-13(12(8)23-26)28-15(22-10)14-21-11(7-27-14)16(25)24-4-2-3-5-24/h6,11,14,21,23,26H,2-5,7H2,1H3/t11-,14?/m0/s1. The average Bonchev–Trinajstić information content (AvgIpc) is 3.38. The molecule has 0 bridgehead atoms. The van der Waals surface area contributed by atoms with Crippen molar-refractivity contribution in [2.75, 3.05) is 25.2 Å². The molecule has 2 saturated heterocycles. The molecule has 0 aliphatic carbocycles. The lowest BCUT2D eigenvalue weighted by Gasteiger charge is -2.19. The van der Waals surface area contributed by atoms with Crippen molar-refractivity contribution in [3.63, 3.8) is 0 Å². The van der Waals surface area contributed by atoms with E-state index in [-0.39, 0.29) is 29.3 Å². The highest BCUT2D eigenvalue weighted by Crippen LogP contribution is 2.42. The van der Waals surface area contributed by atoms with E-state index in [0.717, 1.165) is 43.3 Å². The number of alkyl halides is 3. The second kappa shape index (κ2) is 7.14. The van der Waals surface area contributed by atoms with Crippen molar-refractivity contribution in [3.05, 3.63) is 22.2 Å². The Morgan fingerprint density at radius 3 is 2.79 bits per heavy atom. The van der Waals surface area contributed by atoms with Crippen molar-refractivity contribution >= 4 is 33.1 Å². The Labute approximate surface area is 162 Å². The molecule has 11 heteroatoms. The number of rotatable bonds is 3. The molecule has 28 heavy (non-hydrogen) atoms. The van der Waals surface area contributed by atoms with Gasteiger partial charge in [-0.3, -0.25) is 20.8 Å². The van der Waals surface area contributed by atoms with Crippen LogP contribution in [0.1, 0.15) is 35.2 Å². The number of hydrogen-bond acceptors (Lipinski definition) is 7. The molecule has 1 unspecified atom stereocenters. The number of ether oxygens (including phenoxy) is 1. The third kappa shape index (κ3) is 3.32. The van der Waals surface area contributed by atoms with Crippen LogP contribution in [-0.2, 0) is 15.7 Å². The predicted molar refractivity (Wildman–Crippen MR) is 96.2 cm³/mol. The van der Waals surface area contributed by atoms with Gasteiger partial charge >= 0.3 is 6.18 Å². The molecule has 3 N–H and O–H groups in total. The Morgan fingerprint density at radius 2 is 2.14 bits per heavy atom. The number of amides is 1. The maximum absolute atomic E-state index is 13.3. The Kier molecular flexibility index (Phi) is 4.94. The SMILES string of the molecule is Cc1c(C(F)(F)F)cc2nc(C3N[C@H](C(=O)N4CCCC4)CO3)sc2c1NO. The highest BCUT2D eigenvalue weighted by Gasteiger charge is 2.37. The van der Waals surface area contributed by atoms with Crippen molar-refractivity contribution in [3.8, 4) is 0 Å². The molecule has 2 aromatic rings. The van der Waals surface area contributed by atoms with E-state index in [4.69, 9.17) is 4.74 Å². The van der Waals surface area contributed by atoms with Gasteiger partial charge in [-0.2, -0.15) is 13.2 Å². The number of benzene rings is 1. The number of fused-ring (bicyclic) bond motifs is 1. The van der Waals surface area contributed by atoms with Crippen LogP contribution in [-0.4, -0.2) is 46.7 Å². The Morgan fingerprint density at radius 1 is 1.43 bits per heavy atom. The summed E-state index contributed by atoms with van der Waals surface area (Å²) in [6.45, 7) is 2.92. The van der Waals surface area contributed by atoms with Gasteiger partial charge in [-0.15, -0.1) is 11.3 Å². The number of carbonyl (C=O) groups is 1. The fraction of sp³-hybridized carbons (Fsp3) is 0.529. The van der Waals surface area contributed by atoms with Crippen molar-refractivity contribution in [2.45, 2.75) is 38.2 Å². The quantitative estimate of drug-likeness (QED) is 0.667. The molecule has 0 saturated carbocycles. The highest BCUT2D eigenvalue weighted by molar-refractivity contribution is 7.19. The van der Waals surface area contributed by atoms with Gasteiger partial charge in [0.1, 0.15) is 11.0 Å². The summed E-state index contributed by atoms with van der Waals surface area (Å²) in [6.07, 6.45) is -3.28. The Bertz CT molecular complexity index is 911. The molecule has 1 amide bonds. The van der Waals surface area contributed by atoms with Gasteiger partial charge in [0.25, 0.3) is 0 Å². The largest absolute Gasteiger partial charge is 0.416 e. The summed E-state index contributed by atoms with van der Waals surface area (Å²) in [5.74, 6) is -0.0333. The van der Waals surface area contributed by atoms with Crippen LogP contribution in [0.2, 0.25) is 0 Å². The molecule has 1 aromatic carbocycles. The lowest BCUT2D eigenvalue weighted by molar-refractivity contribution is -0.138. The van der Waals surface area contributed by atoms with E-state index in [1.165, 1.54) is 6.92 Å².